The highest BCUT2D eigenvalue weighted by atomic mass is 35.5. The number of nitrogens with zero attached hydrogens (tertiary/aromatic N) is 5. The first kappa shape index (κ1) is 28.8. The Hall–Kier alpha value is -3.74. The number of nitrogens with two attached hydrogens (primary N) is 1. The molecule has 3 heterocycles. The van der Waals surface area contributed by atoms with Gasteiger partial charge in [0.05, 0.1) is 16.9 Å². The fourth-order valence-corrected chi connectivity index (χ4v) is 5.83. The number of likely N-dealkylation sites (tertiary alicyclic amines) is 1. The number of fused-ring (bicyclic) bond motifs is 1. The van der Waals surface area contributed by atoms with Crippen LogP contribution in [0.4, 0.5) is 31.2 Å². The van der Waals surface area contributed by atoms with Crippen molar-refractivity contribution in [3.05, 3.63) is 35.0 Å². The number of primary amides is 1. The first-order chi connectivity index (χ1) is 19.6. The highest BCUT2D eigenvalue weighted by Crippen LogP contribution is 2.38. The van der Waals surface area contributed by atoms with E-state index in [0.29, 0.717) is 55.9 Å². The molecule has 0 radical (unpaired) electrons. The molecule has 1 aliphatic carbocycles. The predicted octanol–water partition coefficient (Wildman–Crippen LogP) is 4.71. The molecule has 1 aromatic carbocycles. The summed E-state index contributed by atoms with van der Waals surface area (Å²) in [5.74, 6) is -1.54. The monoisotopic (exact) mass is 589 g/mol. The van der Waals surface area contributed by atoms with Gasteiger partial charge in [-0.25, -0.2) is 23.5 Å². The van der Waals surface area contributed by atoms with Crippen LogP contribution in [0.15, 0.2) is 18.3 Å². The van der Waals surface area contributed by atoms with Crippen molar-refractivity contribution in [1.82, 2.24) is 29.7 Å². The van der Waals surface area contributed by atoms with Gasteiger partial charge in [0, 0.05) is 43.2 Å². The van der Waals surface area contributed by atoms with Gasteiger partial charge in [0.1, 0.15) is 11.3 Å². The van der Waals surface area contributed by atoms with Crippen LogP contribution >= 0.6 is 11.6 Å². The van der Waals surface area contributed by atoms with Crippen molar-refractivity contribution >= 4 is 52.3 Å². The zero-order chi connectivity index (χ0) is 29.3. The molecule has 1 unspecified atom stereocenters. The lowest BCUT2D eigenvalue weighted by Gasteiger charge is -2.33. The minimum atomic E-state index is -0.858. The van der Waals surface area contributed by atoms with E-state index in [0.717, 1.165) is 25.0 Å². The number of hydrogen-bond acceptors (Lipinski definition) is 7. The summed E-state index contributed by atoms with van der Waals surface area (Å²) >= 11 is 6.17. The van der Waals surface area contributed by atoms with Gasteiger partial charge in [-0.15, -0.1) is 0 Å². The number of rotatable bonds is 7. The summed E-state index contributed by atoms with van der Waals surface area (Å²) < 4.78 is 30.3. The van der Waals surface area contributed by atoms with Crippen LogP contribution in [0.25, 0.3) is 11.2 Å². The molecule has 3 amide bonds. The quantitative estimate of drug-likeness (QED) is 0.312. The molecule has 0 spiro atoms. The maximum absolute atomic E-state index is 14.7. The molecule has 2 aromatic heterocycles. The Morgan fingerprint density at radius 3 is 2.56 bits per heavy atom. The number of nitrogens with one attached hydrogen (secondary N) is 3. The number of carbonyl (C=O) groups excluding carboxylic acids is 2. The van der Waals surface area contributed by atoms with Gasteiger partial charge in [-0.05, 0) is 58.4 Å². The molecule has 5 N–H and O–H groups in total. The molecular formula is C27H34ClF2N9O2. The van der Waals surface area contributed by atoms with Gasteiger partial charge in [-0.3, -0.25) is 9.36 Å². The highest BCUT2D eigenvalue weighted by molar-refractivity contribution is 6.33. The maximum Gasteiger partial charge on any atom is 0.317 e. The van der Waals surface area contributed by atoms with Gasteiger partial charge in [0.2, 0.25) is 17.8 Å². The van der Waals surface area contributed by atoms with Crippen molar-refractivity contribution in [1.29, 1.82) is 0 Å². The number of urea groups is 1. The summed E-state index contributed by atoms with van der Waals surface area (Å²) in [6.07, 6.45) is 5.71. The number of anilines is 3. The largest absolute Gasteiger partial charge is 0.369 e. The molecule has 1 saturated heterocycles. The Bertz CT molecular complexity index is 1420. The van der Waals surface area contributed by atoms with Crippen molar-refractivity contribution < 1.29 is 18.4 Å². The van der Waals surface area contributed by atoms with Crippen LogP contribution in [0, 0.1) is 17.6 Å². The van der Waals surface area contributed by atoms with Crippen molar-refractivity contribution in [2.45, 2.75) is 70.5 Å². The summed E-state index contributed by atoms with van der Waals surface area (Å²) in [6, 6.07) is 1.54. The second-order valence-corrected chi connectivity index (χ2v) is 11.4. The Morgan fingerprint density at radius 1 is 1.12 bits per heavy atom. The van der Waals surface area contributed by atoms with Crippen molar-refractivity contribution in [3.8, 4) is 0 Å². The summed E-state index contributed by atoms with van der Waals surface area (Å²) in [7, 11) is 0. The van der Waals surface area contributed by atoms with E-state index >= 15 is 0 Å². The molecule has 1 aliphatic heterocycles. The van der Waals surface area contributed by atoms with Crippen molar-refractivity contribution in [2.75, 3.05) is 23.7 Å². The van der Waals surface area contributed by atoms with Gasteiger partial charge < -0.3 is 26.6 Å². The van der Waals surface area contributed by atoms with E-state index in [1.165, 1.54) is 0 Å². The minimum absolute atomic E-state index is 0.0426. The van der Waals surface area contributed by atoms with Crippen LogP contribution in [-0.4, -0.2) is 61.5 Å². The Kier molecular flexibility index (Phi) is 8.43. The fraction of sp³-hybridized carbons (Fsp3) is 0.519. The average molecular weight is 590 g/mol. The number of aromatic nitrogens is 4. The van der Waals surface area contributed by atoms with Crippen molar-refractivity contribution in [2.24, 2.45) is 11.7 Å². The van der Waals surface area contributed by atoms with Gasteiger partial charge in [-0.2, -0.15) is 4.98 Å². The topological polar surface area (TPSA) is 143 Å². The number of imidazole rings is 1. The number of halogens is 3. The van der Waals surface area contributed by atoms with Gasteiger partial charge in [0.15, 0.2) is 11.5 Å². The van der Waals surface area contributed by atoms with Gasteiger partial charge >= 0.3 is 6.03 Å². The molecule has 2 fully saturated rings. The van der Waals surface area contributed by atoms with Crippen LogP contribution in [-0.2, 0) is 4.79 Å². The number of benzene rings is 1. The Balaban J connectivity index is 1.45. The smallest absolute Gasteiger partial charge is 0.317 e. The lowest BCUT2D eigenvalue weighted by atomic mass is 9.85. The van der Waals surface area contributed by atoms with E-state index in [4.69, 9.17) is 22.3 Å². The van der Waals surface area contributed by atoms with Crippen LogP contribution in [0.2, 0.25) is 5.02 Å². The molecule has 220 valence electrons. The first-order valence-corrected chi connectivity index (χ1v) is 14.2. The Labute approximate surface area is 241 Å². The van der Waals surface area contributed by atoms with Gasteiger partial charge in [0.25, 0.3) is 0 Å². The van der Waals surface area contributed by atoms with Crippen LogP contribution in [0.5, 0.6) is 0 Å². The number of hydrogen-bond donors (Lipinski definition) is 4. The molecule has 0 bridgehead atoms. The lowest BCUT2D eigenvalue weighted by Crippen LogP contribution is -2.50. The van der Waals surface area contributed by atoms with E-state index in [1.54, 1.807) is 11.1 Å². The SMILES string of the molecule is CC(C)NC(=O)N1CCCC(Nc2ncc3nc(Nc4c(F)cc(F)cc4Cl)n(C4CCC(C(N)=O)CC4)c3n2)C1. The van der Waals surface area contributed by atoms with E-state index in [-0.39, 0.29) is 52.6 Å². The number of piperidine rings is 1. The molecule has 1 atom stereocenters. The fourth-order valence-electron chi connectivity index (χ4n) is 5.59. The predicted molar refractivity (Wildman–Crippen MR) is 152 cm³/mol. The zero-order valence-corrected chi connectivity index (χ0v) is 23.7. The minimum Gasteiger partial charge on any atom is -0.369 e. The van der Waals surface area contributed by atoms with Crippen LogP contribution in [0.1, 0.15) is 58.4 Å². The second-order valence-electron chi connectivity index (χ2n) is 11.0. The molecule has 5 rings (SSSR count). The van der Waals surface area contributed by atoms with E-state index < -0.39 is 11.6 Å². The van der Waals surface area contributed by atoms with Crippen LogP contribution in [0.3, 0.4) is 0 Å². The van der Waals surface area contributed by atoms with Gasteiger partial charge in [-0.1, -0.05) is 11.6 Å². The Morgan fingerprint density at radius 2 is 1.88 bits per heavy atom. The number of amides is 3. The first-order valence-electron chi connectivity index (χ1n) is 13.9. The van der Waals surface area contributed by atoms with E-state index in [2.05, 4.69) is 25.9 Å². The molecule has 41 heavy (non-hydrogen) atoms. The third kappa shape index (κ3) is 6.45. The van der Waals surface area contributed by atoms with Crippen molar-refractivity contribution in [3.63, 3.8) is 0 Å². The molecule has 14 heteroatoms. The lowest BCUT2D eigenvalue weighted by molar-refractivity contribution is -0.122. The van der Waals surface area contributed by atoms with E-state index in [9.17, 15) is 18.4 Å². The third-order valence-electron chi connectivity index (χ3n) is 7.59. The molecule has 11 nitrogen and oxygen atoms in total. The average Bonchev–Trinajstić information content (AvgIpc) is 3.27. The summed E-state index contributed by atoms with van der Waals surface area (Å²) in [4.78, 5) is 39.9. The summed E-state index contributed by atoms with van der Waals surface area (Å²) in [5.41, 5.74) is 6.42. The number of carbonyl (C=O) groups is 2. The molecule has 3 aromatic rings. The molecular weight excluding hydrogens is 556 g/mol. The molecule has 2 aliphatic rings. The van der Waals surface area contributed by atoms with E-state index in [1.807, 2.05) is 18.4 Å². The third-order valence-corrected chi connectivity index (χ3v) is 7.89. The molecule has 1 saturated carbocycles. The normalized spacial score (nSPS) is 21.2. The second kappa shape index (κ2) is 12.0. The summed E-state index contributed by atoms with van der Waals surface area (Å²) in [5, 5.41) is 9.10. The van der Waals surface area contributed by atoms with Crippen LogP contribution < -0.4 is 21.7 Å². The highest BCUT2D eigenvalue weighted by Gasteiger charge is 2.30. The summed E-state index contributed by atoms with van der Waals surface area (Å²) in [6.45, 7) is 5.03. The maximum atomic E-state index is 14.7. The standard InChI is InChI=1S/C27H34ClF2N9O2/c1-14(2)33-27(41)38-9-3-4-17(13-38)34-25-32-12-21-24(37-25)39(18-7-5-15(6-8-18)23(31)40)26(35-21)36-22-19(28)10-16(29)11-20(22)30/h10-12,14-15,17-18H,3-9,13H2,1-2H3,(H2,31,40)(H,33,41)(H,35,36)(H,32,34,37). The zero-order valence-electron chi connectivity index (χ0n) is 23.0.